The second-order valence-corrected chi connectivity index (χ2v) is 5.27. The van der Waals surface area contributed by atoms with E-state index in [1.54, 1.807) is 0 Å². The van der Waals surface area contributed by atoms with Gasteiger partial charge >= 0.3 is 5.97 Å². The minimum Gasteiger partial charge on any atom is -0.469 e. The summed E-state index contributed by atoms with van der Waals surface area (Å²) >= 11 is 0. The zero-order valence-corrected chi connectivity index (χ0v) is 13.1. The van der Waals surface area contributed by atoms with Gasteiger partial charge in [-0.15, -0.1) is 0 Å². The van der Waals surface area contributed by atoms with E-state index in [-0.39, 0.29) is 18.6 Å². The van der Waals surface area contributed by atoms with E-state index in [0.29, 0.717) is 19.4 Å². The summed E-state index contributed by atoms with van der Waals surface area (Å²) in [4.78, 5) is 13.5. The lowest BCUT2D eigenvalue weighted by Crippen LogP contribution is -2.34. The highest BCUT2D eigenvalue weighted by atomic mass is 16.5. The average Bonchev–Trinajstić information content (AvgIpc) is 2.47. The number of aliphatic hydroxyl groups excluding tert-OH is 1. The average molecular weight is 294 g/mol. The predicted octanol–water partition coefficient (Wildman–Crippen LogP) is 1.20. The topological polar surface area (TPSA) is 61.8 Å². The lowest BCUT2D eigenvalue weighted by molar-refractivity contribution is -0.141. The number of nitrogens with zero attached hydrogens (tertiary/aromatic N) is 1. The van der Waals surface area contributed by atoms with E-state index in [0.717, 1.165) is 12.1 Å². The molecule has 118 valence electrons. The predicted molar refractivity (Wildman–Crippen MR) is 84.6 cm³/mol. The lowest BCUT2D eigenvalue weighted by atomic mass is 10.0. The molecule has 0 spiro atoms. The molecule has 0 heterocycles. The van der Waals surface area contributed by atoms with Gasteiger partial charge in [-0.3, -0.25) is 4.79 Å². The number of carbonyl (C=O) groups is 1. The number of rotatable bonds is 9. The molecule has 1 atom stereocenters. The molecule has 1 rings (SSSR count). The summed E-state index contributed by atoms with van der Waals surface area (Å²) in [6.07, 6.45) is 1.77. The molecule has 0 aliphatic rings. The summed E-state index contributed by atoms with van der Waals surface area (Å²) in [5, 5.41) is 12.1. The number of nitrogens with one attached hydrogen (secondary N) is 1. The van der Waals surface area contributed by atoms with Gasteiger partial charge in [-0.25, -0.2) is 0 Å². The molecule has 1 unspecified atom stereocenters. The molecule has 2 N–H and O–H groups in total. The van der Waals surface area contributed by atoms with Gasteiger partial charge in [0.05, 0.1) is 13.5 Å². The summed E-state index contributed by atoms with van der Waals surface area (Å²) in [7, 11) is 5.41. The monoisotopic (exact) mass is 294 g/mol. The highest BCUT2D eigenvalue weighted by Gasteiger charge is 2.14. The van der Waals surface area contributed by atoms with Crippen molar-refractivity contribution in [3.8, 4) is 0 Å². The van der Waals surface area contributed by atoms with Crippen LogP contribution >= 0.6 is 0 Å². The van der Waals surface area contributed by atoms with Crippen LogP contribution in [0.3, 0.4) is 0 Å². The SMILES string of the molecule is COC(=O)CC(Cc1ccc(N(C)C)cc1)NCCCO. The van der Waals surface area contributed by atoms with Gasteiger partial charge in [0.25, 0.3) is 0 Å². The molecule has 1 aromatic rings. The molecule has 5 nitrogen and oxygen atoms in total. The molecule has 0 aliphatic heterocycles. The van der Waals surface area contributed by atoms with Crippen molar-refractivity contribution in [2.24, 2.45) is 0 Å². The number of ether oxygens (including phenoxy) is 1. The van der Waals surface area contributed by atoms with Gasteiger partial charge in [0.1, 0.15) is 0 Å². The Morgan fingerprint density at radius 3 is 2.52 bits per heavy atom. The molecule has 0 saturated carbocycles. The summed E-state index contributed by atoms with van der Waals surface area (Å²) in [5.41, 5.74) is 2.32. The van der Waals surface area contributed by atoms with Crippen LogP contribution < -0.4 is 10.2 Å². The first-order valence-electron chi connectivity index (χ1n) is 7.24. The Kier molecular flexibility index (Phi) is 7.79. The Bertz CT molecular complexity index is 418. The Hall–Kier alpha value is -1.59. The highest BCUT2D eigenvalue weighted by Crippen LogP contribution is 2.14. The van der Waals surface area contributed by atoms with E-state index < -0.39 is 0 Å². The number of benzene rings is 1. The van der Waals surface area contributed by atoms with E-state index in [1.165, 1.54) is 12.7 Å². The molecule has 21 heavy (non-hydrogen) atoms. The Balaban J connectivity index is 2.62. The third kappa shape index (κ3) is 6.60. The summed E-state index contributed by atoms with van der Waals surface area (Å²) < 4.78 is 4.74. The Labute approximate surface area is 126 Å². The van der Waals surface area contributed by atoms with Crippen LogP contribution in [0.15, 0.2) is 24.3 Å². The third-order valence-electron chi connectivity index (χ3n) is 3.34. The zero-order chi connectivity index (χ0) is 15.7. The number of esters is 1. The van der Waals surface area contributed by atoms with Crippen LogP contribution in [0, 0.1) is 0 Å². The van der Waals surface area contributed by atoms with Crippen LogP contribution in [0.25, 0.3) is 0 Å². The van der Waals surface area contributed by atoms with Crippen LogP contribution in [-0.4, -0.2) is 51.5 Å². The van der Waals surface area contributed by atoms with Crippen molar-refractivity contribution in [1.29, 1.82) is 0 Å². The fourth-order valence-electron chi connectivity index (χ4n) is 2.10. The van der Waals surface area contributed by atoms with Crippen molar-refractivity contribution in [2.45, 2.75) is 25.3 Å². The van der Waals surface area contributed by atoms with Crippen molar-refractivity contribution in [1.82, 2.24) is 5.32 Å². The lowest BCUT2D eigenvalue weighted by Gasteiger charge is -2.18. The zero-order valence-electron chi connectivity index (χ0n) is 13.1. The van der Waals surface area contributed by atoms with Gasteiger partial charge in [-0.05, 0) is 37.1 Å². The van der Waals surface area contributed by atoms with Crippen LogP contribution in [0.2, 0.25) is 0 Å². The third-order valence-corrected chi connectivity index (χ3v) is 3.34. The molecule has 0 aromatic heterocycles. The van der Waals surface area contributed by atoms with E-state index in [1.807, 2.05) is 14.1 Å². The molecule has 0 saturated heterocycles. The van der Waals surface area contributed by atoms with Gasteiger partial charge in [-0.1, -0.05) is 12.1 Å². The standard InChI is InChI=1S/C16H26N2O3/c1-18(2)15-7-5-13(6-8-15)11-14(12-16(20)21-3)17-9-4-10-19/h5-8,14,17,19H,4,9-12H2,1-3H3. The van der Waals surface area contributed by atoms with Gasteiger partial charge in [0.2, 0.25) is 0 Å². The first-order valence-corrected chi connectivity index (χ1v) is 7.24. The van der Waals surface area contributed by atoms with E-state index in [2.05, 4.69) is 34.5 Å². The largest absolute Gasteiger partial charge is 0.469 e. The second-order valence-electron chi connectivity index (χ2n) is 5.27. The normalized spacial score (nSPS) is 12.0. The fourth-order valence-corrected chi connectivity index (χ4v) is 2.10. The molecule has 5 heteroatoms. The molecular weight excluding hydrogens is 268 g/mol. The van der Waals surface area contributed by atoms with Gasteiger partial charge < -0.3 is 20.1 Å². The first-order chi connectivity index (χ1) is 10.1. The molecular formula is C16H26N2O3. The maximum absolute atomic E-state index is 11.5. The van der Waals surface area contributed by atoms with Crippen molar-refractivity contribution >= 4 is 11.7 Å². The maximum Gasteiger partial charge on any atom is 0.307 e. The van der Waals surface area contributed by atoms with Gasteiger partial charge in [0, 0.05) is 32.4 Å². The molecule has 0 radical (unpaired) electrons. The van der Waals surface area contributed by atoms with Crippen molar-refractivity contribution in [3.63, 3.8) is 0 Å². The van der Waals surface area contributed by atoms with Crippen LogP contribution in [0.5, 0.6) is 0 Å². The second kappa shape index (κ2) is 9.37. The number of aliphatic hydroxyl groups is 1. The summed E-state index contributed by atoms with van der Waals surface area (Å²) in [6, 6.07) is 8.31. The molecule has 0 aliphatic carbocycles. The number of hydrogen-bond donors (Lipinski definition) is 2. The van der Waals surface area contributed by atoms with Crippen molar-refractivity contribution in [2.75, 3.05) is 39.3 Å². The van der Waals surface area contributed by atoms with Crippen LogP contribution in [0.4, 0.5) is 5.69 Å². The van der Waals surface area contributed by atoms with E-state index in [4.69, 9.17) is 9.84 Å². The Morgan fingerprint density at radius 1 is 1.33 bits per heavy atom. The number of hydrogen-bond acceptors (Lipinski definition) is 5. The van der Waals surface area contributed by atoms with E-state index in [9.17, 15) is 4.79 Å². The quantitative estimate of drug-likeness (QED) is 0.529. The van der Waals surface area contributed by atoms with Crippen molar-refractivity contribution in [3.05, 3.63) is 29.8 Å². The molecule has 0 amide bonds. The Morgan fingerprint density at radius 2 is 2.00 bits per heavy atom. The number of carbonyl (C=O) groups excluding carboxylic acids is 1. The van der Waals surface area contributed by atoms with E-state index >= 15 is 0 Å². The number of anilines is 1. The van der Waals surface area contributed by atoms with Crippen LogP contribution in [0.1, 0.15) is 18.4 Å². The minimum absolute atomic E-state index is 0.0224. The minimum atomic E-state index is -0.221. The van der Waals surface area contributed by atoms with Gasteiger partial charge in [0.15, 0.2) is 0 Å². The number of methoxy groups -OCH3 is 1. The summed E-state index contributed by atoms with van der Waals surface area (Å²) in [5.74, 6) is -0.221. The fraction of sp³-hybridized carbons (Fsp3) is 0.562. The molecule has 0 bridgehead atoms. The first kappa shape index (κ1) is 17.5. The van der Waals surface area contributed by atoms with Gasteiger partial charge in [-0.2, -0.15) is 0 Å². The molecule has 0 fully saturated rings. The van der Waals surface area contributed by atoms with Crippen molar-refractivity contribution < 1.29 is 14.6 Å². The smallest absolute Gasteiger partial charge is 0.307 e. The maximum atomic E-state index is 11.5. The summed E-state index contributed by atoms with van der Waals surface area (Å²) in [6.45, 7) is 0.837. The highest BCUT2D eigenvalue weighted by molar-refractivity contribution is 5.70. The van der Waals surface area contributed by atoms with Crippen LogP contribution in [-0.2, 0) is 16.0 Å². The molecule has 1 aromatic carbocycles.